The summed E-state index contributed by atoms with van der Waals surface area (Å²) in [5.41, 5.74) is 2.24. The van der Waals surface area contributed by atoms with Crippen molar-refractivity contribution in [3.05, 3.63) is 35.4 Å². The molecule has 1 aromatic carbocycles. The van der Waals surface area contributed by atoms with E-state index in [1.807, 2.05) is 31.2 Å². The van der Waals surface area contributed by atoms with Crippen molar-refractivity contribution < 1.29 is 23.7 Å². The van der Waals surface area contributed by atoms with Crippen LogP contribution in [0.3, 0.4) is 0 Å². The molecule has 2 heterocycles. The van der Waals surface area contributed by atoms with Crippen molar-refractivity contribution in [2.75, 3.05) is 13.7 Å². The molecule has 0 aromatic heterocycles. The summed E-state index contributed by atoms with van der Waals surface area (Å²) in [6, 6.07) is 6.20. The van der Waals surface area contributed by atoms with Crippen LogP contribution in [-0.4, -0.2) is 38.2 Å². The molecule has 0 N–H and O–H groups in total. The van der Waals surface area contributed by atoms with Crippen LogP contribution in [0.25, 0.3) is 6.08 Å². The number of rotatable bonds is 3. The van der Waals surface area contributed by atoms with Gasteiger partial charge in [0.1, 0.15) is 11.9 Å². The van der Waals surface area contributed by atoms with E-state index in [1.165, 1.54) is 12.7 Å². The van der Waals surface area contributed by atoms with Crippen molar-refractivity contribution in [2.24, 2.45) is 5.92 Å². The van der Waals surface area contributed by atoms with E-state index < -0.39 is 0 Å². The molecular formula is C19H22O5. The molecule has 0 bridgehead atoms. The van der Waals surface area contributed by atoms with E-state index in [9.17, 15) is 4.79 Å². The standard InChI is InChI=1S/C19H22O5/c1-11-22-10-14-15(23-11)9-16-18(14)13-7-3-5-12(19(13)24-16)6-4-8-17(20)21-2/h3-7,11,14-16,18H,8-10H2,1-2H3/b6-4+/t11?,14-,15+,16-,18+/m0/s1. The average Bonchev–Trinajstić information content (AvgIpc) is 3.10. The van der Waals surface area contributed by atoms with Gasteiger partial charge in [0.2, 0.25) is 0 Å². The summed E-state index contributed by atoms with van der Waals surface area (Å²) in [6.07, 6.45) is 5.16. The molecule has 0 spiro atoms. The number of methoxy groups -OCH3 is 1. The molecule has 5 atom stereocenters. The summed E-state index contributed by atoms with van der Waals surface area (Å²) >= 11 is 0. The first-order valence-corrected chi connectivity index (χ1v) is 8.47. The van der Waals surface area contributed by atoms with Crippen LogP contribution in [-0.2, 0) is 19.0 Å². The normalized spacial score (nSPS) is 33.7. The summed E-state index contributed by atoms with van der Waals surface area (Å²) in [5.74, 6) is 1.36. The molecule has 1 saturated carbocycles. The lowest BCUT2D eigenvalue weighted by Crippen LogP contribution is -2.37. The Morgan fingerprint density at radius 2 is 2.25 bits per heavy atom. The van der Waals surface area contributed by atoms with Crippen LogP contribution in [0.15, 0.2) is 24.3 Å². The summed E-state index contributed by atoms with van der Waals surface area (Å²) in [4.78, 5) is 11.2. The second-order valence-electron chi connectivity index (χ2n) is 6.61. The predicted molar refractivity (Wildman–Crippen MR) is 87.7 cm³/mol. The predicted octanol–water partition coefficient (Wildman–Crippen LogP) is 2.89. The molecule has 1 aliphatic carbocycles. The zero-order chi connectivity index (χ0) is 16.7. The maximum Gasteiger partial charge on any atom is 0.309 e. The lowest BCUT2D eigenvalue weighted by atomic mass is 9.87. The van der Waals surface area contributed by atoms with E-state index in [0.717, 1.165) is 24.3 Å². The summed E-state index contributed by atoms with van der Waals surface area (Å²) in [7, 11) is 1.40. The molecule has 2 fully saturated rings. The third kappa shape index (κ3) is 2.62. The SMILES string of the molecule is COC(=O)C/C=C/c1cccc2c1O[C@H]1C[C@H]3OC(C)OC[C@@H]3[C@@H]21. The van der Waals surface area contributed by atoms with E-state index in [2.05, 4.69) is 10.8 Å². The van der Waals surface area contributed by atoms with Gasteiger partial charge in [-0.05, 0) is 6.92 Å². The largest absolute Gasteiger partial charge is 0.489 e. The maximum absolute atomic E-state index is 11.2. The van der Waals surface area contributed by atoms with Gasteiger partial charge in [-0.1, -0.05) is 30.4 Å². The topological polar surface area (TPSA) is 54.0 Å². The molecule has 1 aromatic rings. The maximum atomic E-state index is 11.2. The van der Waals surface area contributed by atoms with Gasteiger partial charge in [0, 0.05) is 29.4 Å². The summed E-state index contributed by atoms with van der Waals surface area (Å²) < 4.78 is 22.6. The number of ether oxygens (including phenoxy) is 4. The van der Waals surface area contributed by atoms with Gasteiger partial charge in [0.15, 0.2) is 6.29 Å². The van der Waals surface area contributed by atoms with Gasteiger partial charge < -0.3 is 18.9 Å². The van der Waals surface area contributed by atoms with Crippen molar-refractivity contribution in [1.82, 2.24) is 0 Å². The number of hydrogen-bond acceptors (Lipinski definition) is 5. The highest BCUT2D eigenvalue weighted by atomic mass is 16.7. The fraction of sp³-hybridized carbons (Fsp3) is 0.526. The molecule has 1 unspecified atom stereocenters. The number of fused-ring (bicyclic) bond motifs is 5. The quantitative estimate of drug-likeness (QED) is 0.798. The molecule has 2 aliphatic heterocycles. The average molecular weight is 330 g/mol. The van der Waals surface area contributed by atoms with Crippen LogP contribution in [0.4, 0.5) is 0 Å². The zero-order valence-corrected chi connectivity index (χ0v) is 13.9. The Bertz CT molecular complexity index is 668. The number of esters is 1. The number of carbonyl (C=O) groups is 1. The molecule has 5 nitrogen and oxygen atoms in total. The molecule has 1 saturated heterocycles. The minimum Gasteiger partial charge on any atom is -0.489 e. The minimum absolute atomic E-state index is 0.128. The third-order valence-electron chi connectivity index (χ3n) is 5.21. The Hall–Kier alpha value is -1.85. The fourth-order valence-electron chi connectivity index (χ4n) is 4.13. The van der Waals surface area contributed by atoms with Crippen molar-refractivity contribution in [1.29, 1.82) is 0 Å². The molecule has 4 rings (SSSR count). The van der Waals surface area contributed by atoms with Crippen molar-refractivity contribution in [3.63, 3.8) is 0 Å². The summed E-state index contributed by atoms with van der Waals surface area (Å²) in [5, 5.41) is 0. The summed E-state index contributed by atoms with van der Waals surface area (Å²) in [6.45, 7) is 2.67. The van der Waals surface area contributed by atoms with Crippen LogP contribution < -0.4 is 4.74 Å². The Balaban J connectivity index is 1.57. The first-order chi connectivity index (χ1) is 11.7. The molecule has 3 aliphatic rings. The first kappa shape index (κ1) is 15.7. The lowest BCUT2D eigenvalue weighted by molar-refractivity contribution is -0.221. The molecule has 0 amide bonds. The Morgan fingerprint density at radius 3 is 3.08 bits per heavy atom. The molecule has 128 valence electrons. The Labute approximate surface area is 141 Å². The van der Waals surface area contributed by atoms with Gasteiger partial charge >= 0.3 is 5.97 Å². The number of carbonyl (C=O) groups excluding carboxylic acids is 1. The van der Waals surface area contributed by atoms with Crippen molar-refractivity contribution in [3.8, 4) is 5.75 Å². The van der Waals surface area contributed by atoms with E-state index in [-0.39, 0.29) is 30.9 Å². The number of benzene rings is 1. The zero-order valence-electron chi connectivity index (χ0n) is 13.9. The monoisotopic (exact) mass is 330 g/mol. The lowest BCUT2D eigenvalue weighted by Gasteiger charge is -2.32. The van der Waals surface area contributed by atoms with Crippen LogP contribution >= 0.6 is 0 Å². The highest BCUT2D eigenvalue weighted by Crippen LogP contribution is 2.53. The Kier molecular flexibility index (Phi) is 4.06. The fourth-order valence-corrected chi connectivity index (χ4v) is 4.13. The van der Waals surface area contributed by atoms with E-state index in [1.54, 1.807) is 0 Å². The smallest absolute Gasteiger partial charge is 0.309 e. The van der Waals surface area contributed by atoms with E-state index in [0.29, 0.717) is 11.8 Å². The van der Waals surface area contributed by atoms with Gasteiger partial charge in [-0.2, -0.15) is 0 Å². The van der Waals surface area contributed by atoms with Gasteiger partial charge in [-0.25, -0.2) is 0 Å². The van der Waals surface area contributed by atoms with Gasteiger partial charge in [-0.15, -0.1) is 0 Å². The van der Waals surface area contributed by atoms with E-state index in [4.69, 9.17) is 14.2 Å². The molecule has 24 heavy (non-hydrogen) atoms. The third-order valence-corrected chi connectivity index (χ3v) is 5.21. The number of para-hydroxylation sites is 1. The van der Waals surface area contributed by atoms with Gasteiger partial charge in [0.05, 0.1) is 26.2 Å². The van der Waals surface area contributed by atoms with Crippen LogP contribution in [0, 0.1) is 5.92 Å². The van der Waals surface area contributed by atoms with Crippen LogP contribution in [0.1, 0.15) is 36.8 Å². The van der Waals surface area contributed by atoms with Crippen molar-refractivity contribution in [2.45, 2.75) is 44.2 Å². The van der Waals surface area contributed by atoms with Gasteiger partial charge in [-0.3, -0.25) is 4.79 Å². The molecule has 5 heteroatoms. The second kappa shape index (κ2) is 6.22. The highest BCUT2D eigenvalue weighted by Gasteiger charge is 2.52. The molecule has 0 radical (unpaired) electrons. The molecular weight excluding hydrogens is 308 g/mol. The number of hydrogen-bond donors (Lipinski definition) is 0. The van der Waals surface area contributed by atoms with Gasteiger partial charge in [0.25, 0.3) is 0 Å². The Morgan fingerprint density at radius 1 is 1.38 bits per heavy atom. The van der Waals surface area contributed by atoms with E-state index >= 15 is 0 Å². The first-order valence-electron chi connectivity index (χ1n) is 8.47. The second-order valence-corrected chi connectivity index (χ2v) is 6.61. The van der Waals surface area contributed by atoms with Crippen molar-refractivity contribution >= 4 is 12.0 Å². The van der Waals surface area contributed by atoms with Crippen LogP contribution in [0.2, 0.25) is 0 Å². The highest BCUT2D eigenvalue weighted by molar-refractivity contribution is 5.73. The minimum atomic E-state index is -0.245. The van der Waals surface area contributed by atoms with Crippen LogP contribution in [0.5, 0.6) is 5.75 Å².